The lowest BCUT2D eigenvalue weighted by Crippen LogP contribution is -2.29. The van der Waals surface area contributed by atoms with Crippen LogP contribution in [0.1, 0.15) is 30.5 Å². The quantitative estimate of drug-likeness (QED) is 0.799. The van der Waals surface area contributed by atoms with Gasteiger partial charge in [0.05, 0.1) is 12.0 Å². The molecule has 3 aromatic rings. The Kier molecular flexibility index (Phi) is 4.17. The van der Waals surface area contributed by atoms with E-state index in [1.54, 1.807) is 6.33 Å². The summed E-state index contributed by atoms with van der Waals surface area (Å²) in [6.45, 7) is 5.42. The van der Waals surface area contributed by atoms with Crippen LogP contribution in [0.25, 0.3) is 17.2 Å². The van der Waals surface area contributed by atoms with Crippen LogP contribution >= 0.6 is 0 Å². The molecule has 1 aliphatic heterocycles. The molecule has 3 heterocycles. The smallest absolute Gasteiger partial charge is 0.165 e. The third-order valence-corrected chi connectivity index (χ3v) is 4.78. The van der Waals surface area contributed by atoms with Crippen molar-refractivity contribution in [1.82, 2.24) is 24.4 Å². The summed E-state index contributed by atoms with van der Waals surface area (Å²) in [5.41, 5.74) is 4.48. The molecule has 0 atom stereocenters. The number of nitrogens with one attached hydrogen (secondary N) is 1. The second-order valence-electron chi connectivity index (χ2n) is 6.46. The van der Waals surface area contributed by atoms with Gasteiger partial charge in [0.25, 0.3) is 0 Å². The molecule has 24 heavy (non-hydrogen) atoms. The topological polar surface area (TPSA) is 49.7 Å². The molecule has 0 bridgehead atoms. The number of imidazole rings is 2. The molecule has 124 valence electrons. The molecule has 1 aromatic carbocycles. The Morgan fingerprint density at radius 2 is 1.92 bits per heavy atom. The molecule has 1 saturated heterocycles. The van der Waals surface area contributed by atoms with E-state index in [2.05, 4.69) is 48.7 Å². The van der Waals surface area contributed by atoms with E-state index in [9.17, 15) is 0 Å². The van der Waals surface area contributed by atoms with Crippen LogP contribution in [0, 0.1) is 6.92 Å². The van der Waals surface area contributed by atoms with Gasteiger partial charge in [0, 0.05) is 24.6 Å². The highest BCUT2D eigenvalue weighted by Gasteiger charge is 2.17. The predicted molar refractivity (Wildman–Crippen MR) is 95.0 cm³/mol. The lowest BCUT2D eigenvalue weighted by atomic mass is 10.1. The standard InChI is InChI=1S/C19H23N5/c1-15-18(22-14-21-15)19-20-9-12-24(19)17-8-4-3-7-16(17)13-23-10-5-2-6-11-23/h3-4,7-9,12,14H,2,5-6,10-11,13H2,1H3,(H,21,22). The molecule has 5 heteroatoms. The molecule has 1 N–H and O–H groups in total. The number of aromatic amines is 1. The Balaban J connectivity index is 1.70. The van der Waals surface area contributed by atoms with E-state index < -0.39 is 0 Å². The Morgan fingerprint density at radius 1 is 1.08 bits per heavy atom. The van der Waals surface area contributed by atoms with Crippen molar-refractivity contribution < 1.29 is 0 Å². The number of piperidine rings is 1. The molecule has 1 aliphatic rings. The van der Waals surface area contributed by atoms with E-state index >= 15 is 0 Å². The molecule has 2 aromatic heterocycles. The zero-order chi connectivity index (χ0) is 16.4. The van der Waals surface area contributed by atoms with Gasteiger partial charge in [0.15, 0.2) is 5.82 Å². The number of hydrogen-bond donors (Lipinski definition) is 1. The SMILES string of the molecule is Cc1[nH]cnc1-c1nccn1-c1ccccc1CN1CCCCC1. The van der Waals surface area contributed by atoms with Gasteiger partial charge in [-0.25, -0.2) is 9.97 Å². The maximum atomic E-state index is 4.55. The number of likely N-dealkylation sites (tertiary alicyclic amines) is 1. The van der Waals surface area contributed by atoms with Crippen LogP contribution < -0.4 is 0 Å². The summed E-state index contributed by atoms with van der Waals surface area (Å²) in [7, 11) is 0. The number of nitrogens with zero attached hydrogens (tertiary/aromatic N) is 4. The minimum absolute atomic E-state index is 0.889. The van der Waals surface area contributed by atoms with Crippen molar-refractivity contribution in [3.8, 4) is 17.2 Å². The van der Waals surface area contributed by atoms with E-state index in [0.29, 0.717) is 0 Å². The number of para-hydroxylation sites is 1. The van der Waals surface area contributed by atoms with E-state index in [-0.39, 0.29) is 0 Å². The Bertz CT molecular complexity index is 811. The summed E-state index contributed by atoms with van der Waals surface area (Å²) >= 11 is 0. The number of hydrogen-bond acceptors (Lipinski definition) is 3. The highest BCUT2D eigenvalue weighted by Crippen LogP contribution is 2.25. The maximum absolute atomic E-state index is 4.55. The summed E-state index contributed by atoms with van der Waals surface area (Å²) in [6, 6.07) is 8.62. The van der Waals surface area contributed by atoms with Crippen molar-refractivity contribution in [1.29, 1.82) is 0 Å². The number of aryl methyl sites for hydroxylation is 1. The van der Waals surface area contributed by atoms with Crippen molar-refractivity contribution in [2.24, 2.45) is 0 Å². The highest BCUT2D eigenvalue weighted by molar-refractivity contribution is 5.58. The lowest BCUT2D eigenvalue weighted by molar-refractivity contribution is 0.221. The molecule has 0 saturated carbocycles. The van der Waals surface area contributed by atoms with Crippen LogP contribution in [-0.2, 0) is 6.54 Å². The minimum Gasteiger partial charge on any atom is -0.348 e. The summed E-state index contributed by atoms with van der Waals surface area (Å²) in [4.78, 5) is 14.7. The zero-order valence-electron chi connectivity index (χ0n) is 14.1. The van der Waals surface area contributed by atoms with Crippen molar-refractivity contribution in [2.75, 3.05) is 13.1 Å². The predicted octanol–water partition coefficient (Wildman–Crippen LogP) is 3.56. The Labute approximate surface area is 142 Å². The monoisotopic (exact) mass is 321 g/mol. The highest BCUT2D eigenvalue weighted by atomic mass is 15.1. The molecule has 1 fully saturated rings. The minimum atomic E-state index is 0.889. The third kappa shape index (κ3) is 2.87. The summed E-state index contributed by atoms with van der Waals surface area (Å²) in [5, 5.41) is 0. The third-order valence-electron chi connectivity index (χ3n) is 4.78. The average molecular weight is 321 g/mol. The van der Waals surface area contributed by atoms with Gasteiger partial charge in [-0.05, 0) is 44.5 Å². The molecule has 5 nitrogen and oxygen atoms in total. The van der Waals surface area contributed by atoms with Crippen LogP contribution in [0.5, 0.6) is 0 Å². The molecule has 0 radical (unpaired) electrons. The summed E-state index contributed by atoms with van der Waals surface area (Å²) in [5.74, 6) is 0.889. The fraction of sp³-hybridized carbons (Fsp3) is 0.368. The van der Waals surface area contributed by atoms with Gasteiger partial charge < -0.3 is 4.98 Å². The van der Waals surface area contributed by atoms with Crippen molar-refractivity contribution >= 4 is 0 Å². The van der Waals surface area contributed by atoms with E-state index in [1.165, 1.54) is 43.6 Å². The van der Waals surface area contributed by atoms with Crippen molar-refractivity contribution in [3.05, 3.63) is 54.2 Å². The molecule has 4 rings (SSSR count). The van der Waals surface area contributed by atoms with Gasteiger partial charge in [0.1, 0.15) is 5.69 Å². The lowest BCUT2D eigenvalue weighted by Gasteiger charge is -2.27. The van der Waals surface area contributed by atoms with Gasteiger partial charge in [-0.1, -0.05) is 24.6 Å². The van der Waals surface area contributed by atoms with Gasteiger partial charge in [-0.3, -0.25) is 9.47 Å². The van der Waals surface area contributed by atoms with Crippen molar-refractivity contribution in [2.45, 2.75) is 32.7 Å². The maximum Gasteiger partial charge on any atom is 0.165 e. The van der Waals surface area contributed by atoms with Gasteiger partial charge in [-0.15, -0.1) is 0 Å². The zero-order valence-corrected chi connectivity index (χ0v) is 14.1. The summed E-state index contributed by atoms with van der Waals surface area (Å²) < 4.78 is 2.16. The second-order valence-corrected chi connectivity index (χ2v) is 6.46. The molecular weight excluding hydrogens is 298 g/mol. The molecule has 0 spiro atoms. The average Bonchev–Trinajstić information content (AvgIpc) is 3.25. The molecule has 0 amide bonds. The number of H-pyrrole nitrogens is 1. The van der Waals surface area contributed by atoms with Crippen LogP contribution in [0.2, 0.25) is 0 Å². The van der Waals surface area contributed by atoms with E-state index in [0.717, 1.165) is 23.8 Å². The first-order chi connectivity index (χ1) is 11.8. The van der Waals surface area contributed by atoms with Gasteiger partial charge in [-0.2, -0.15) is 0 Å². The van der Waals surface area contributed by atoms with Gasteiger partial charge in [0.2, 0.25) is 0 Å². The first-order valence-electron chi connectivity index (χ1n) is 8.67. The summed E-state index contributed by atoms with van der Waals surface area (Å²) in [6.07, 6.45) is 9.58. The number of benzene rings is 1. The van der Waals surface area contributed by atoms with Crippen LogP contribution in [0.4, 0.5) is 0 Å². The van der Waals surface area contributed by atoms with E-state index in [1.807, 2.05) is 19.3 Å². The molecular formula is C19H23N5. The molecule has 0 aliphatic carbocycles. The van der Waals surface area contributed by atoms with Crippen molar-refractivity contribution in [3.63, 3.8) is 0 Å². The first kappa shape index (κ1) is 15.1. The van der Waals surface area contributed by atoms with Crippen LogP contribution in [-0.4, -0.2) is 37.5 Å². The Morgan fingerprint density at radius 3 is 2.71 bits per heavy atom. The first-order valence-corrected chi connectivity index (χ1v) is 8.67. The fourth-order valence-electron chi connectivity index (χ4n) is 3.50. The van der Waals surface area contributed by atoms with Crippen LogP contribution in [0.15, 0.2) is 43.0 Å². The Hall–Kier alpha value is -2.40. The number of rotatable bonds is 4. The largest absolute Gasteiger partial charge is 0.348 e. The second kappa shape index (κ2) is 6.61. The van der Waals surface area contributed by atoms with Crippen LogP contribution in [0.3, 0.4) is 0 Å². The fourth-order valence-corrected chi connectivity index (χ4v) is 3.50. The molecule has 0 unspecified atom stereocenters. The van der Waals surface area contributed by atoms with Gasteiger partial charge >= 0.3 is 0 Å². The van der Waals surface area contributed by atoms with E-state index in [4.69, 9.17) is 0 Å². The number of aromatic nitrogens is 4. The normalized spacial score (nSPS) is 15.7.